The Morgan fingerprint density at radius 1 is 1.14 bits per heavy atom. The molecule has 6 nitrogen and oxygen atoms in total. The average Bonchev–Trinajstić information content (AvgIpc) is 3.11. The Bertz CT molecular complexity index is 853. The van der Waals surface area contributed by atoms with E-state index in [0.29, 0.717) is 31.6 Å². The van der Waals surface area contributed by atoms with Crippen LogP contribution in [0.2, 0.25) is 0 Å². The van der Waals surface area contributed by atoms with Gasteiger partial charge in [0.05, 0.1) is 18.1 Å². The van der Waals surface area contributed by atoms with Gasteiger partial charge >= 0.3 is 6.18 Å². The molecule has 0 saturated carbocycles. The third-order valence-electron chi connectivity index (χ3n) is 5.11. The van der Waals surface area contributed by atoms with Gasteiger partial charge in [-0.25, -0.2) is 4.98 Å². The number of likely N-dealkylation sites (tertiary alicyclic amines) is 1. The second kappa shape index (κ2) is 7.65. The van der Waals surface area contributed by atoms with Gasteiger partial charge in [-0.05, 0) is 37.1 Å². The van der Waals surface area contributed by atoms with Gasteiger partial charge in [-0.1, -0.05) is 0 Å². The molecule has 1 saturated heterocycles. The molecule has 2 heterocycles. The summed E-state index contributed by atoms with van der Waals surface area (Å²) in [6.07, 6.45) is -0.134. The quantitative estimate of drug-likeness (QED) is 0.805. The summed E-state index contributed by atoms with van der Waals surface area (Å²) in [4.78, 5) is 32.4. The molecule has 0 atom stereocenters. The van der Waals surface area contributed by atoms with Crippen molar-refractivity contribution in [3.05, 3.63) is 53.6 Å². The number of benzene rings is 1. The second-order valence-electron chi connectivity index (χ2n) is 6.90. The molecule has 150 valence electrons. The van der Waals surface area contributed by atoms with Gasteiger partial charge in [0.25, 0.3) is 11.8 Å². The first-order valence-electron chi connectivity index (χ1n) is 8.88. The van der Waals surface area contributed by atoms with Crippen molar-refractivity contribution in [2.45, 2.75) is 25.1 Å². The number of carbonyl (C=O) groups is 2. The molecule has 0 radical (unpaired) electrons. The standard InChI is InChI=1S/C19H21F3N4O2/c1-24-12-23-11-16(24)18(28)26-9-7-15(8-10-26)25(2)17(27)13-3-5-14(6-4-13)19(20,21)22/h3-6,11-12,15H,7-10H2,1-2H3. The summed E-state index contributed by atoms with van der Waals surface area (Å²) in [7, 11) is 3.40. The van der Waals surface area contributed by atoms with Crippen LogP contribution in [0.15, 0.2) is 36.8 Å². The number of piperidine rings is 1. The topological polar surface area (TPSA) is 58.4 Å². The number of hydrogen-bond acceptors (Lipinski definition) is 3. The van der Waals surface area contributed by atoms with Crippen LogP contribution in [0.4, 0.5) is 13.2 Å². The summed E-state index contributed by atoms with van der Waals surface area (Å²) in [5.74, 6) is -0.430. The number of rotatable bonds is 3. The van der Waals surface area contributed by atoms with Crippen molar-refractivity contribution in [1.82, 2.24) is 19.4 Å². The molecule has 0 N–H and O–H groups in total. The predicted molar refractivity (Wildman–Crippen MR) is 95.7 cm³/mol. The highest BCUT2D eigenvalue weighted by Crippen LogP contribution is 2.29. The molecule has 1 aromatic carbocycles. The zero-order valence-corrected chi connectivity index (χ0v) is 15.6. The van der Waals surface area contributed by atoms with E-state index >= 15 is 0 Å². The van der Waals surface area contributed by atoms with Crippen LogP contribution < -0.4 is 0 Å². The maximum Gasteiger partial charge on any atom is 0.416 e. The summed E-state index contributed by atoms with van der Waals surface area (Å²) in [5.41, 5.74) is -0.0646. The van der Waals surface area contributed by atoms with Crippen molar-refractivity contribution < 1.29 is 22.8 Å². The molecular weight excluding hydrogens is 373 g/mol. The number of nitrogens with zero attached hydrogens (tertiary/aromatic N) is 4. The van der Waals surface area contributed by atoms with Crippen molar-refractivity contribution >= 4 is 11.8 Å². The van der Waals surface area contributed by atoms with E-state index in [1.165, 1.54) is 18.3 Å². The normalized spacial score (nSPS) is 15.5. The van der Waals surface area contributed by atoms with Crippen molar-refractivity contribution in [1.29, 1.82) is 0 Å². The van der Waals surface area contributed by atoms with Gasteiger partial charge in [0.15, 0.2) is 0 Å². The molecule has 2 aromatic rings. The zero-order valence-electron chi connectivity index (χ0n) is 15.6. The number of aromatic nitrogens is 2. The molecular formula is C19H21F3N4O2. The molecule has 1 aliphatic rings. The van der Waals surface area contributed by atoms with E-state index in [-0.39, 0.29) is 23.4 Å². The molecule has 1 fully saturated rings. The molecule has 1 aromatic heterocycles. The van der Waals surface area contributed by atoms with E-state index in [2.05, 4.69) is 4.98 Å². The molecule has 0 bridgehead atoms. The zero-order chi connectivity index (χ0) is 20.5. The van der Waals surface area contributed by atoms with Crippen LogP contribution in [-0.2, 0) is 13.2 Å². The number of imidazole rings is 1. The van der Waals surface area contributed by atoms with Crippen LogP contribution in [0.5, 0.6) is 0 Å². The molecule has 9 heteroatoms. The number of alkyl halides is 3. The van der Waals surface area contributed by atoms with Gasteiger partial charge in [-0.2, -0.15) is 13.2 Å². The Hall–Kier alpha value is -2.84. The van der Waals surface area contributed by atoms with Crippen LogP contribution in [0.25, 0.3) is 0 Å². The van der Waals surface area contributed by atoms with Crippen LogP contribution in [0.1, 0.15) is 39.3 Å². The number of aryl methyl sites for hydroxylation is 1. The van der Waals surface area contributed by atoms with Gasteiger partial charge in [-0.15, -0.1) is 0 Å². The Labute approximate surface area is 160 Å². The summed E-state index contributed by atoms with van der Waals surface area (Å²) in [6.45, 7) is 0.999. The van der Waals surface area contributed by atoms with E-state index < -0.39 is 11.7 Å². The van der Waals surface area contributed by atoms with Crippen molar-refractivity contribution in [3.63, 3.8) is 0 Å². The van der Waals surface area contributed by atoms with Crippen LogP contribution in [-0.4, -0.2) is 57.3 Å². The number of hydrogen-bond donors (Lipinski definition) is 0. The van der Waals surface area contributed by atoms with Crippen LogP contribution >= 0.6 is 0 Å². The Kier molecular flexibility index (Phi) is 5.44. The Morgan fingerprint density at radius 3 is 2.25 bits per heavy atom. The fraction of sp³-hybridized carbons (Fsp3) is 0.421. The highest BCUT2D eigenvalue weighted by Gasteiger charge is 2.32. The maximum absolute atomic E-state index is 12.7. The molecule has 0 spiro atoms. The average molecular weight is 394 g/mol. The first kappa shape index (κ1) is 19.9. The van der Waals surface area contributed by atoms with E-state index in [1.54, 1.807) is 34.8 Å². The summed E-state index contributed by atoms with van der Waals surface area (Å²) in [6, 6.07) is 4.14. The highest BCUT2D eigenvalue weighted by atomic mass is 19.4. The lowest BCUT2D eigenvalue weighted by atomic mass is 10.0. The molecule has 0 unspecified atom stereocenters. The van der Waals surface area contributed by atoms with Crippen LogP contribution in [0.3, 0.4) is 0 Å². The first-order valence-corrected chi connectivity index (χ1v) is 8.88. The third kappa shape index (κ3) is 4.02. The lowest BCUT2D eigenvalue weighted by Gasteiger charge is -2.36. The van der Waals surface area contributed by atoms with Gasteiger partial charge in [0, 0.05) is 38.8 Å². The summed E-state index contributed by atoms with van der Waals surface area (Å²) in [5, 5.41) is 0. The fourth-order valence-electron chi connectivity index (χ4n) is 3.35. The van der Waals surface area contributed by atoms with Gasteiger partial charge < -0.3 is 14.4 Å². The molecule has 0 aliphatic carbocycles. The fourth-order valence-corrected chi connectivity index (χ4v) is 3.35. The van der Waals surface area contributed by atoms with Crippen molar-refractivity contribution in [2.24, 2.45) is 7.05 Å². The summed E-state index contributed by atoms with van der Waals surface area (Å²) < 4.78 is 39.7. The van der Waals surface area contributed by atoms with Gasteiger partial charge in [0.1, 0.15) is 5.69 Å². The first-order chi connectivity index (χ1) is 13.2. The Morgan fingerprint density at radius 2 is 1.75 bits per heavy atom. The highest BCUT2D eigenvalue weighted by molar-refractivity contribution is 5.94. The van der Waals surface area contributed by atoms with Crippen LogP contribution in [0, 0.1) is 0 Å². The lowest BCUT2D eigenvalue weighted by Crippen LogP contribution is -2.47. The largest absolute Gasteiger partial charge is 0.416 e. The lowest BCUT2D eigenvalue weighted by molar-refractivity contribution is -0.137. The van der Waals surface area contributed by atoms with Crippen molar-refractivity contribution in [3.8, 4) is 0 Å². The smallest absolute Gasteiger partial charge is 0.339 e. The minimum absolute atomic E-state index is 0.0784. The van der Waals surface area contributed by atoms with E-state index in [1.807, 2.05) is 0 Å². The molecule has 3 rings (SSSR count). The molecule has 28 heavy (non-hydrogen) atoms. The predicted octanol–water partition coefficient (Wildman–Crippen LogP) is 2.82. The SMILES string of the molecule is CN(C(=O)c1ccc(C(F)(F)F)cc1)C1CCN(C(=O)c2cncn2C)CC1. The van der Waals surface area contributed by atoms with Gasteiger partial charge in [0.2, 0.25) is 0 Å². The molecule has 2 amide bonds. The minimum atomic E-state index is -4.43. The summed E-state index contributed by atoms with van der Waals surface area (Å²) >= 11 is 0. The number of halogens is 3. The van der Waals surface area contributed by atoms with E-state index in [9.17, 15) is 22.8 Å². The number of amides is 2. The van der Waals surface area contributed by atoms with Crippen molar-refractivity contribution in [2.75, 3.05) is 20.1 Å². The number of carbonyl (C=O) groups excluding carboxylic acids is 2. The second-order valence-corrected chi connectivity index (χ2v) is 6.90. The van der Waals surface area contributed by atoms with E-state index in [0.717, 1.165) is 12.1 Å². The van der Waals surface area contributed by atoms with Gasteiger partial charge in [-0.3, -0.25) is 9.59 Å². The monoisotopic (exact) mass is 394 g/mol. The third-order valence-corrected chi connectivity index (χ3v) is 5.11. The maximum atomic E-state index is 12.7. The Balaban J connectivity index is 1.60. The van der Waals surface area contributed by atoms with E-state index in [4.69, 9.17) is 0 Å². The molecule has 1 aliphatic heterocycles. The minimum Gasteiger partial charge on any atom is -0.339 e.